The average molecular weight is 413 g/mol. The summed E-state index contributed by atoms with van der Waals surface area (Å²) in [6.07, 6.45) is 2.23. The number of benzene rings is 3. The molecule has 3 aromatic rings. The summed E-state index contributed by atoms with van der Waals surface area (Å²) < 4.78 is 11.2. The third-order valence-electron chi connectivity index (χ3n) is 4.85. The number of hydrogen-bond acceptors (Lipinski definition) is 3. The van der Waals surface area contributed by atoms with Crippen LogP contribution in [0.5, 0.6) is 5.75 Å². The second kappa shape index (κ2) is 11.7. The van der Waals surface area contributed by atoms with Crippen molar-refractivity contribution in [1.82, 2.24) is 0 Å². The molecule has 3 nitrogen and oxygen atoms in total. The highest BCUT2D eigenvalue weighted by Crippen LogP contribution is 2.20. The van der Waals surface area contributed by atoms with Gasteiger partial charge in [0.15, 0.2) is 5.78 Å². The molecule has 158 valence electrons. The topological polar surface area (TPSA) is 35.5 Å². The van der Waals surface area contributed by atoms with Crippen molar-refractivity contribution >= 4 is 5.78 Å². The summed E-state index contributed by atoms with van der Waals surface area (Å²) in [6, 6.07) is 23.6. The van der Waals surface area contributed by atoms with Crippen molar-refractivity contribution in [2.75, 3.05) is 19.8 Å². The van der Waals surface area contributed by atoms with E-state index >= 15 is 0 Å². The minimum absolute atomic E-state index is 0.0770. The van der Waals surface area contributed by atoms with Crippen molar-refractivity contribution in [3.8, 4) is 28.7 Å². The number of ether oxygens (including phenoxy) is 2. The van der Waals surface area contributed by atoms with Gasteiger partial charge in [-0.25, -0.2) is 0 Å². The molecule has 0 bridgehead atoms. The maximum Gasteiger partial charge on any atom is 0.159 e. The first-order chi connectivity index (χ1) is 15.2. The van der Waals surface area contributed by atoms with Gasteiger partial charge in [-0.1, -0.05) is 61.6 Å². The molecule has 0 aromatic heterocycles. The van der Waals surface area contributed by atoms with Crippen LogP contribution in [0.25, 0.3) is 11.1 Å². The molecule has 0 saturated heterocycles. The van der Waals surface area contributed by atoms with E-state index in [9.17, 15) is 4.79 Å². The fraction of sp³-hybridized carbons (Fsp3) is 0.250. The molecule has 0 atom stereocenters. The van der Waals surface area contributed by atoms with Crippen LogP contribution < -0.4 is 4.74 Å². The zero-order valence-corrected chi connectivity index (χ0v) is 18.2. The molecule has 0 N–H and O–H groups in total. The molecular formula is C28H28O3. The van der Waals surface area contributed by atoms with E-state index < -0.39 is 0 Å². The van der Waals surface area contributed by atoms with Gasteiger partial charge >= 0.3 is 0 Å². The fourth-order valence-corrected chi connectivity index (χ4v) is 2.99. The highest BCUT2D eigenvalue weighted by Gasteiger charge is 2.01. The average Bonchev–Trinajstić information content (AvgIpc) is 2.81. The number of unbranched alkanes of at least 4 members (excludes halogenated alkanes) is 1. The highest BCUT2D eigenvalue weighted by molar-refractivity contribution is 5.94. The fourth-order valence-electron chi connectivity index (χ4n) is 2.99. The molecular weight excluding hydrogens is 384 g/mol. The number of carbonyl (C=O) groups is 1. The van der Waals surface area contributed by atoms with Gasteiger partial charge in [0.25, 0.3) is 0 Å². The van der Waals surface area contributed by atoms with E-state index in [0.29, 0.717) is 13.2 Å². The molecule has 0 saturated carbocycles. The van der Waals surface area contributed by atoms with Gasteiger partial charge in [-0.05, 0) is 60.9 Å². The van der Waals surface area contributed by atoms with E-state index in [-0.39, 0.29) is 5.78 Å². The van der Waals surface area contributed by atoms with Crippen molar-refractivity contribution in [3.63, 3.8) is 0 Å². The first kappa shape index (κ1) is 22.3. The zero-order chi connectivity index (χ0) is 21.9. The molecule has 3 heteroatoms. The van der Waals surface area contributed by atoms with E-state index in [0.717, 1.165) is 53.0 Å². The Hall–Kier alpha value is -3.35. The lowest BCUT2D eigenvalue weighted by molar-refractivity contribution is 0.0980. The first-order valence-corrected chi connectivity index (χ1v) is 10.7. The smallest absolute Gasteiger partial charge is 0.159 e. The molecule has 0 spiro atoms. The summed E-state index contributed by atoms with van der Waals surface area (Å²) >= 11 is 0. The Kier molecular flexibility index (Phi) is 8.46. The van der Waals surface area contributed by atoms with E-state index in [1.54, 1.807) is 6.92 Å². The number of rotatable bonds is 9. The molecule has 0 aliphatic heterocycles. The lowest BCUT2D eigenvalue weighted by Gasteiger charge is -2.06. The third-order valence-corrected chi connectivity index (χ3v) is 4.85. The quantitative estimate of drug-likeness (QED) is 0.240. The van der Waals surface area contributed by atoms with Crippen LogP contribution in [0, 0.1) is 11.8 Å². The summed E-state index contributed by atoms with van der Waals surface area (Å²) in [5, 5.41) is 0. The van der Waals surface area contributed by atoms with E-state index in [1.165, 1.54) is 0 Å². The van der Waals surface area contributed by atoms with E-state index in [1.807, 2.05) is 72.8 Å². The number of ketones is 1. The molecule has 0 amide bonds. The molecule has 3 rings (SSSR count). The molecule has 0 aliphatic carbocycles. The Labute approximate surface area is 185 Å². The van der Waals surface area contributed by atoms with Crippen LogP contribution in [0.4, 0.5) is 0 Å². The van der Waals surface area contributed by atoms with Crippen LogP contribution >= 0.6 is 0 Å². The van der Waals surface area contributed by atoms with Crippen molar-refractivity contribution in [3.05, 3.63) is 89.5 Å². The maximum absolute atomic E-state index is 11.4. The van der Waals surface area contributed by atoms with Gasteiger partial charge in [-0.2, -0.15) is 0 Å². The second-order valence-electron chi connectivity index (χ2n) is 7.30. The summed E-state index contributed by atoms with van der Waals surface area (Å²) in [6.45, 7) is 5.68. The minimum Gasteiger partial charge on any atom is -0.491 e. The number of hydrogen-bond donors (Lipinski definition) is 0. The van der Waals surface area contributed by atoms with E-state index in [2.05, 4.69) is 18.8 Å². The third kappa shape index (κ3) is 7.13. The number of carbonyl (C=O) groups excluding carboxylic acids is 1. The van der Waals surface area contributed by atoms with Gasteiger partial charge in [0.1, 0.15) is 12.4 Å². The number of Topliss-reactive ketones (excluding diaryl/α,β-unsaturated/α-hetero) is 1. The van der Waals surface area contributed by atoms with Gasteiger partial charge in [0.05, 0.1) is 6.61 Å². The van der Waals surface area contributed by atoms with Crippen LogP contribution in [0.3, 0.4) is 0 Å². The van der Waals surface area contributed by atoms with Crippen LogP contribution in [0.2, 0.25) is 0 Å². The molecule has 31 heavy (non-hydrogen) atoms. The Morgan fingerprint density at radius 1 is 0.742 bits per heavy atom. The Morgan fingerprint density at radius 3 is 1.84 bits per heavy atom. The van der Waals surface area contributed by atoms with Gasteiger partial charge in [-0.15, -0.1) is 0 Å². The molecule has 0 unspecified atom stereocenters. The second-order valence-corrected chi connectivity index (χ2v) is 7.30. The summed E-state index contributed by atoms with van der Waals surface area (Å²) in [5.41, 5.74) is 4.80. The summed E-state index contributed by atoms with van der Waals surface area (Å²) in [7, 11) is 0. The standard InChI is InChI=1S/C28H28O3/c1-3-4-19-30-20-21-31-28-17-9-24(10-18-28)6-5-23-7-11-26(12-8-23)27-15-13-25(14-16-27)22(2)29/h7-18H,3-4,19-21H2,1-2H3. The SMILES string of the molecule is CCCCOCCOc1ccc(C#Cc2ccc(-c3ccc(C(C)=O)cc3)cc2)cc1. The van der Waals surface area contributed by atoms with E-state index in [4.69, 9.17) is 9.47 Å². The molecule has 0 heterocycles. The monoisotopic (exact) mass is 412 g/mol. The highest BCUT2D eigenvalue weighted by atomic mass is 16.5. The van der Waals surface area contributed by atoms with Gasteiger partial charge in [-0.3, -0.25) is 4.79 Å². The Morgan fingerprint density at radius 2 is 1.29 bits per heavy atom. The molecule has 0 radical (unpaired) electrons. The largest absolute Gasteiger partial charge is 0.491 e. The van der Waals surface area contributed by atoms with Gasteiger partial charge in [0.2, 0.25) is 0 Å². The van der Waals surface area contributed by atoms with Crippen molar-refractivity contribution in [2.24, 2.45) is 0 Å². The predicted octanol–water partition coefficient (Wildman–Crippen LogP) is 6.15. The van der Waals surface area contributed by atoms with Crippen molar-refractivity contribution in [2.45, 2.75) is 26.7 Å². The Balaban J connectivity index is 1.53. The maximum atomic E-state index is 11.4. The van der Waals surface area contributed by atoms with Crippen LogP contribution in [0.15, 0.2) is 72.8 Å². The van der Waals surface area contributed by atoms with Gasteiger partial charge in [0, 0.05) is 23.3 Å². The first-order valence-electron chi connectivity index (χ1n) is 10.7. The van der Waals surface area contributed by atoms with Crippen LogP contribution in [-0.4, -0.2) is 25.6 Å². The molecule has 3 aromatic carbocycles. The van der Waals surface area contributed by atoms with Gasteiger partial charge < -0.3 is 9.47 Å². The molecule has 0 aliphatic rings. The Bertz CT molecular complexity index is 1020. The lowest BCUT2D eigenvalue weighted by Crippen LogP contribution is -2.07. The predicted molar refractivity (Wildman–Crippen MR) is 126 cm³/mol. The summed E-state index contributed by atoms with van der Waals surface area (Å²) in [4.78, 5) is 11.4. The van der Waals surface area contributed by atoms with Crippen molar-refractivity contribution in [1.29, 1.82) is 0 Å². The summed E-state index contributed by atoms with van der Waals surface area (Å²) in [5.74, 6) is 7.29. The normalized spacial score (nSPS) is 10.3. The lowest BCUT2D eigenvalue weighted by atomic mass is 10.0. The van der Waals surface area contributed by atoms with Crippen molar-refractivity contribution < 1.29 is 14.3 Å². The molecule has 0 fully saturated rings. The van der Waals surface area contributed by atoms with Crippen LogP contribution in [-0.2, 0) is 4.74 Å². The minimum atomic E-state index is 0.0770. The van der Waals surface area contributed by atoms with Crippen LogP contribution in [0.1, 0.15) is 48.2 Å². The zero-order valence-electron chi connectivity index (χ0n) is 18.2.